The largest absolute Gasteiger partial charge is 0.460 e. The first-order chi connectivity index (χ1) is 28.3. The van der Waals surface area contributed by atoms with Crippen LogP contribution in [0.4, 0.5) is 11.4 Å². The molecule has 0 radical (unpaired) electrons. The van der Waals surface area contributed by atoms with E-state index in [1.54, 1.807) is 48.6 Å². The number of hydrogen-bond donors (Lipinski definition) is 0. The van der Waals surface area contributed by atoms with Crippen LogP contribution >= 0.6 is 0 Å². The second kappa shape index (κ2) is 21.0. The fourth-order valence-electron chi connectivity index (χ4n) is 6.18. The van der Waals surface area contributed by atoms with Gasteiger partial charge in [0.2, 0.25) is 0 Å². The maximum absolute atomic E-state index is 12.5. The molecular formula is C50H46N4O4. The topological polar surface area (TPSA) is 107 Å². The van der Waals surface area contributed by atoms with E-state index in [-0.39, 0.29) is 25.2 Å². The summed E-state index contributed by atoms with van der Waals surface area (Å²) < 4.78 is 11.0. The Labute approximate surface area is 341 Å². The zero-order chi connectivity index (χ0) is 41.3. The molecule has 8 heteroatoms. The van der Waals surface area contributed by atoms with E-state index in [0.29, 0.717) is 46.5 Å². The first kappa shape index (κ1) is 41.7. The number of anilines is 2. The van der Waals surface area contributed by atoms with Crippen molar-refractivity contribution in [2.75, 3.05) is 49.2 Å². The number of ether oxygens (including phenoxy) is 2. The summed E-state index contributed by atoms with van der Waals surface area (Å²) in [5.41, 5.74) is 8.94. The number of rotatable bonds is 18. The van der Waals surface area contributed by atoms with Crippen LogP contribution < -0.4 is 9.80 Å². The predicted octanol–water partition coefficient (Wildman–Crippen LogP) is 10.4. The van der Waals surface area contributed by atoms with Crippen LogP contribution in [0.5, 0.6) is 0 Å². The highest BCUT2D eigenvalue weighted by molar-refractivity contribution is 5.90. The molecule has 0 spiro atoms. The van der Waals surface area contributed by atoms with E-state index in [1.165, 1.54) is 0 Å². The fraction of sp³-hybridized carbons (Fsp3) is 0.160. The van der Waals surface area contributed by atoms with Gasteiger partial charge in [0.25, 0.3) is 0 Å². The van der Waals surface area contributed by atoms with E-state index in [4.69, 9.17) is 9.47 Å². The lowest BCUT2D eigenvalue weighted by molar-refractivity contribution is 0.0506. The quantitative estimate of drug-likeness (QED) is 0.0641. The highest BCUT2D eigenvalue weighted by atomic mass is 16.5. The Morgan fingerprint density at radius 3 is 1.21 bits per heavy atom. The lowest BCUT2D eigenvalue weighted by atomic mass is 9.97. The highest BCUT2D eigenvalue weighted by Gasteiger charge is 2.12. The molecule has 0 N–H and O–H groups in total. The molecule has 0 fully saturated rings. The molecule has 0 heterocycles. The predicted molar refractivity (Wildman–Crippen MR) is 236 cm³/mol. The first-order valence-electron chi connectivity index (χ1n) is 19.1. The standard InChI is InChI=1S/C50H46N4O4/c1-5-37-9-19-41(20-10-37)49(55)57-31-29-53(7-3)47-25-15-39(16-26-47)13-23-43-33-46(36-52)44(34-45(43)35-51)24-14-40-17-27-48(28-18-40)54(8-4)30-32-58-50(56)42-21-11-38(6-2)12-22-42/h5-6,9-28,33-34H,1-2,7-8,29-32H2,3-4H3. The highest BCUT2D eigenvalue weighted by Crippen LogP contribution is 2.23. The van der Waals surface area contributed by atoms with Crippen LogP contribution in [0.3, 0.4) is 0 Å². The zero-order valence-corrected chi connectivity index (χ0v) is 32.9. The molecule has 0 unspecified atom stereocenters. The minimum absolute atomic E-state index is 0.250. The Morgan fingerprint density at radius 1 is 0.552 bits per heavy atom. The van der Waals surface area contributed by atoms with Crippen molar-refractivity contribution in [2.24, 2.45) is 0 Å². The van der Waals surface area contributed by atoms with Gasteiger partial charge in [-0.2, -0.15) is 10.5 Å². The van der Waals surface area contributed by atoms with Gasteiger partial charge in [0.1, 0.15) is 13.2 Å². The molecule has 5 aromatic rings. The molecule has 0 atom stereocenters. The molecule has 5 aromatic carbocycles. The molecule has 0 amide bonds. The summed E-state index contributed by atoms with van der Waals surface area (Å²) in [5, 5.41) is 20.0. The summed E-state index contributed by atoms with van der Waals surface area (Å²) in [5.74, 6) is -0.723. The Kier molecular flexibility index (Phi) is 15.1. The van der Waals surface area contributed by atoms with Crippen LogP contribution in [0.25, 0.3) is 36.5 Å². The Morgan fingerprint density at radius 2 is 0.897 bits per heavy atom. The average Bonchev–Trinajstić information content (AvgIpc) is 3.28. The number of nitrogens with zero attached hydrogens (tertiary/aromatic N) is 4. The second-order valence-corrected chi connectivity index (χ2v) is 13.2. The van der Waals surface area contributed by atoms with Crippen LogP contribution in [0.15, 0.2) is 122 Å². The molecule has 58 heavy (non-hydrogen) atoms. The van der Waals surface area contributed by atoms with Gasteiger partial charge in [-0.25, -0.2) is 9.59 Å². The number of hydrogen-bond acceptors (Lipinski definition) is 8. The molecule has 0 aliphatic rings. The zero-order valence-electron chi connectivity index (χ0n) is 32.9. The normalized spacial score (nSPS) is 10.8. The molecule has 0 bridgehead atoms. The van der Waals surface area contributed by atoms with Crippen molar-refractivity contribution in [1.29, 1.82) is 10.5 Å². The van der Waals surface area contributed by atoms with Crippen molar-refractivity contribution in [3.63, 3.8) is 0 Å². The van der Waals surface area contributed by atoms with Gasteiger partial charge in [-0.3, -0.25) is 0 Å². The van der Waals surface area contributed by atoms with Gasteiger partial charge < -0.3 is 19.3 Å². The summed E-state index contributed by atoms with van der Waals surface area (Å²) >= 11 is 0. The summed E-state index contributed by atoms with van der Waals surface area (Å²) in [6, 6.07) is 38.3. The molecule has 290 valence electrons. The van der Waals surface area contributed by atoms with Gasteiger partial charge in [0.15, 0.2) is 0 Å². The minimum Gasteiger partial charge on any atom is -0.460 e. The third-order valence-electron chi connectivity index (χ3n) is 9.61. The Balaban J connectivity index is 1.16. The molecule has 5 rings (SSSR count). The summed E-state index contributed by atoms with van der Waals surface area (Å²) in [4.78, 5) is 29.2. The molecule has 0 saturated carbocycles. The van der Waals surface area contributed by atoms with Gasteiger partial charge in [0.05, 0.1) is 47.5 Å². The van der Waals surface area contributed by atoms with E-state index >= 15 is 0 Å². The molecule has 0 saturated heterocycles. The number of nitriles is 2. The fourth-order valence-corrected chi connectivity index (χ4v) is 6.18. The Bertz CT molecular complexity index is 2180. The van der Waals surface area contributed by atoms with E-state index < -0.39 is 0 Å². The van der Waals surface area contributed by atoms with Crippen LogP contribution in [-0.4, -0.2) is 51.3 Å². The number of carbonyl (C=O) groups excluding carboxylic acids is 2. The van der Waals surface area contributed by atoms with Crippen molar-refractivity contribution in [3.05, 3.63) is 178 Å². The lowest BCUT2D eigenvalue weighted by Crippen LogP contribution is -2.28. The lowest BCUT2D eigenvalue weighted by Gasteiger charge is -2.23. The molecule has 0 aliphatic heterocycles. The van der Waals surface area contributed by atoms with Crippen LogP contribution in [0, 0.1) is 22.7 Å². The van der Waals surface area contributed by atoms with E-state index in [9.17, 15) is 20.1 Å². The second-order valence-electron chi connectivity index (χ2n) is 13.2. The third kappa shape index (κ3) is 11.3. The monoisotopic (exact) mass is 766 g/mol. The minimum atomic E-state index is -0.362. The van der Waals surface area contributed by atoms with Crippen molar-refractivity contribution >= 4 is 59.8 Å². The third-order valence-corrected chi connectivity index (χ3v) is 9.61. The maximum Gasteiger partial charge on any atom is 0.338 e. The number of benzene rings is 5. The SMILES string of the molecule is C=Cc1ccc(C(=O)OCCN(CC)c2ccc(C=Cc3cc(C#N)c(C=Cc4ccc(N(CC)CCOC(=O)c5ccc(C=C)cc5)cc4)cc3C#N)cc2)cc1. The van der Waals surface area contributed by atoms with Gasteiger partial charge in [-0.1, -0.05) is 98.1 Å². The van der Waals surface area contributed by atoms with Crippen LogP contribution in [0.1, 0.15) is 79.1 Å². The summed E-state index contributed by atoms with van der Waals surface area (Å²) in [6.07, 6.45) is 11.0. The van der Waals surface area contributed by atoms with Crippen LogP contribution in [-0.2, 0) is 9.47 Å². The van der Waals surface area contributed by atoms with E-state index in [0.717, 1.165) is 46.7 Å². The van der Waals surface area contributed by atoms with Crippen molar-refractivity contribution in [3.8, 4) is 12.1 Å². The molecule has 0 aliphatic carbocycles. The smallest absolute Gasteiger partial charge is 0.338 e. The molecule has 0 aromatic heterocycles. The summed E-state index contributed by atoms with van der Waals surface area (Å²) in [7, 11) is 0. The van der Waals surface area contributed by atoms with Crippen molar-refractivity contribution in [1.82, 2.24) is 0 Å². The molecular weight excluding hydrogens is 721 g/mol. The number of esters is 2. The van der Waals surface area contributed by atoms with Crippen LogP contribution in [0.2, 0.25) is 0 Å². The van der Waals surface area contributed by atoms with Gasteiger partial charge >= 0.3 is 11.9 Å². The number of carbonyl (C=O) groups is 2. The van der Waals surface area contributed by atoms with Gasteiger partial charge in [-0.05, 0) is 108 Å². The molecule has 8 nitrogen and oxygen atoms in total. The van der Waals surface area contributed by atoms with Gasteiger partial charge in [-0.15, -0.1) is 0 Å². The summed E-state index contributed by atoms with van der Waals surface area (Å²) in [6.45, 7) is 14.6. The van der Waals surface area contributed by atoms with Crippen molar-refractivity contribution in [2.45, 2.75) is 13.8 Å². The average molecular weight is 767 g/mol. The maximum atomic E-state index is 12.5. The van der Waals surface area contributed by atoms with Gasteiger partial charge in [0, 0.05) is 24.5 Å². The Hall–Kier alpha value is -7.42. The number of likely N-dealkylation sites (N-methyl/N-ethyl adjacent to an activating group) is 2. The van der Waals surface area contributed by atoms with Crippen molar-refractivity contribution < 1.29 is 19.1 Å². The van der Waals surface area contributed by atoms with E-state index in [2.05, 4.69) is 35.1 Å². The van der Waals surface area contributed by atoms with E-state index in [1.807, 2.05) is 111 Å². The first-order valence-corrected chi connectivity index (χ1v) is 19.1.